The van der Waals surface area contributed by atoms with Crippen molar-refractivity contribution in [3.05, 3.63) is 29.8 Å². The van der Waals surface area contributed by atoms with Gasteiger partial charge in [0.15, 0.2) is 0 Å². The molecule has 0 heterocycles. The number of rotatable bonds is 6. The van der Waals surface area contributed by atoms with Gasteiger partial charge in [-0.3, -0.25) is 9.59 Å². The zero-order chi connectivity index (χ0) is 16.7. The lowest BCUT2D eigenvalue weighted by Crippen LogP contribution is -2.35. The lowest BCUT2D eigenvalue weighted by molar-refractivity contribution is -0.117. The topological polar surface area (TPSA) is 84.2 Å². The Kier molecular flexibility index (Phi) is 6.59. The maximum Gasteiger partial charge on any atom is 0.251 e. The minimum atomic E-state index is -0.114. The van der Waals surface area contributed by atoms with Gasteiger partial charge in [-0.25, -0.2) is 0 Å². The number of benzene rings is 1. The van der Waals surface area contributed by atoms with Gasteiger partial charge in [-0.05, 0) is 43.4 Å². The van der Waals surface area contributed by atoms with E-state index in [1.165, 1.54) is 0 Å². The van der Waals surface area contributed by atoms with E-state index in [1.807, 2.05) is 6.92 Å². The Labute approximate surface area is 138 Å². The van der Waals surface area contributed by atoms with Gasteiger partial charge in [0.2, 0.25) is 5.91 Å². The summed E-state index contributed by atoms with van der Waals surface area (Å²) < 4.78 is 0. The second kappa shape index (κ2) is 8.67. The van der Waals surface area contributed by atoms with Crippen molar-refractivity contribution in [1.82, 2.24) is 5.32 Å². The molecule has 1 fully saturated rings. The zero-order valence-electron chi connectivity index (χ0n) is 13.8. The van der Waals surface area contributed by atoms with Gasteiger partial charge in [0.05, 0.1) is 0 Å². The second-order valence-corrected chi connectivity index (χ2v) is 6.30. The molecule has 1 saturated carbocycles. The van der Waals surface area contributed by atoms with E-state index in [1.54, 1.807) is 24.3 Å². The number of hydrogen-bond acceptors (Lipinski definition) is 3. The van der Waals surface area contributed by atoms with Crippen LogP contribution in [0.4, 0.5) is 5.69 Å². The fourth-order valence-corrected chi connectivity index (χ4v) is 3.02. The lowest BCUT2D eigenvalue weighted by Gasteiger charge is -2.27. The van der Waals surface area contributed by atoms with Crippen molar-refractivity contribution in [2.75, 3.05) is 11.9 Å². The third-order valence-electron chi connectivity index (χ3n) is 4.36. The van der Waals surface area contributed by atoms with Gasteiger partial charge in [0.1, 0.15) is 0 Å². The van der Waals surface area contributed by atoms with Crippen LogP contribution < -0.4 is 16.4 Å². The predicted molar refractivity (Wildman–Crippen MR) is 92.2 cm³/mol. The highest BCUT2D eigenvalue weighted by molar-refractivity contribution is 5.97. The molecule has 0 saturated heterocycles. The first kappa shape index (κ1) is 17.5. The van der Waals surface area contributed by atoms with Crippen molar-refractivity contribution < 1.29 is 9.59 Å². The Balaban J connectivity index is 1.91. The van der Waals surface area contributed by atoms with Crippen LogP contribution in [0.25, 0.3) is 0 Å². The van der Waals surface area contributed by atoms with Crippen LogP contribution in [0.5, 0.6) is 0 Å². The van der Waals surface area contributed by atoms with Crippen LogP contribution in [0.15, 0.2) is 24.3 Å². The maximum absolute atomic E-state index is 12.2. The summed E-state index contributed by atoms with van der Waals surface area (Å²) in [5, 5.41) is 5.72. The SMILES string of the molecule is CCCNC(=O)c1cccc(NC(=O)CC2CCCCC2N)c1. The first-order valence-corrected chi connectivity index (χ1v) is 8.54. The highest BCUT2D eigenvalue weighted by atomic mass is 16.2. The minimum Gasteiger partial charge on any atom is -0.352 e. The van der Waals surface area contributed by atoms with Crippen LogP contribution in [0.1, 0.15) is 55.8 Å². The number of hydrogen-bond donors (Lipinski definition) is 3. The Morgan fingerprint density at radius 1 is 1.26 bits per heavy atom. The molecule has 4 N–H and O–H groups in total. The number of nitrogens with one attached hydrogen (secondary N) is 2. The summed E-state index contributed by atoms with van der Waals surface area (Å²) in [6, 6.07) is 7.17. The molecule has 0 bridgehead atoms. The third kappa shape index (κ3) is 5.36. The van der Waals surface area contributed by atoms with Gasteiger partial charge in [0.25, 0.3) is 5.91 Å². The van der Waals surface area contributed by atoms with Gasteiger partial charge < -0.3 is 16.4 Å². The lowest BCUT2D eigenvalue weighted by atomic mass is 9.83. The molecule has 1 aliphatic carbocycles. The standard InChI is InChI=1S/C18H27N3O2/c1-2-10-20-18(23)14-7-5-8-15(11-14)21-17(22)12-13-6-3-4-9-16(13)19/h5,7-8,11,13,16H,2-4,6,9-10,12,19H2,1H3,(H,20,23)(H,21,22). The first-order valence-electron chi connectivity index (χ1n) is 8.54. The molecule has 23 heavy (non-hydrogen) atoms. The van der Waals surface area contributed by atoms with Crippen LogP contribution in [-0.2, 0) is 4.79 Å². The number of carbonyl (C=O) groups excluding carboxylic acids is 2. The maximum atomic E-state index is 12.2. The van der Waals surface area contributed by atoms with Gasteiger partial charge >= 0.3 is 0 Å². The van der Waals surface area contributed by atoms with E-state index in [0.29, 0.717) is 24.2 Å². The molecule has 126 valence electrons. The molecule has 2 amide bonds. The Morgan fingerprint density at radius 3 is 2.78 bits per heavy atom. The average Bonchev–Trinajstić information content (AvgIpc) is 2.55. The molecule has 2 rings (SSSR count). The number of carbonyl (C=O) groups is 2. The summed E-state index contributed by atoms with van der Waals surface area (Å²) in [6.45, 7) is 2.65. The summed E-state index contributed by atoms with van der Waals surface area (Å²) >= 11 is 0. The van der Waals surface area contributed by atoms with Crippen molar-refractivity contribution >= 4 is 17.5 Å². The monoisotopic (exact) mass is 317 g/mol. The van der Waals surface area contributed by atoms with Crippen molar-refractivity contribution in [3.8, 4) is 0 Å². The van der Waals surface area contributed by atoms with Gasteiger partial charge in [-0.2, -0.15) is 0 Å². The van der Waals surface area contributed by atoms with E-state index in [-0.39, 0.29) is 23.8 Å². The molecule has 1 aliphatic rings. The predicted octanol–water partition coefficient (Wildman–Crippen LogP) is 2.67. The number of nitrogens with two attached hydrogens (primary N) is 1. The quantitative estimate of drug-likeness (QED) is 0.754. The molecule has 5 nitrogen and oxygen atoms in total. The highest BCUT2D eigenvalue weighted by Crippen LogP contribution is 2.26. The smallest absolute Gasteiger partial charge is 0.251 e. The minimum absolute atomic E-state index is 0.0292. The molecule has 0 aromatic heterocycles. The van der Waals surface area contributed by atoms with Crippen molar-refractivity contribution in [2.24, 2.45) is 11.7 Å². The van der Waals surface area contributed by atoms with Crippen LogP contribution in [-0.4, -0.2) is 24.4 Å². The largest absolute Gasteiger partial charge is 0.352 e. The summed E-state index contributed by atoms with van der Waals surface area (Å²) in [7, 11) is 0. The van der Waals surface area contributed by atoms with E-state index < -0.39 is 0 Å². The van der Waals surface area contributed by atoms with Gasteiger partial charge in [-0.15, -0.1) is 0 Å². The molecule has 5 heteroatoms. The number of anilines is 1. The molecule has 0 aliphatic heterocycles. The van der Waals surface area contributed by atoms with Crippen molar-refractivity contribution in [1.29, 1.82) is 0 Å². The molecule has 1 aromatic rings. The Hall–Kier alpha value is -1.88. The van der Waals surface area contributed by atoms with Crippen LogP contribution >= 0.6 is 0 Å². The summed E-state index contributed by atoms with van der Waals surface area (Å²) in [4.78, 5) is 24.2. The van der Waals surface area contributed by atoms with Gasteiger partial charge in [-0.1, -0.05) is 25.8 Å². The van der Waals surface area contributed by atoms with E-state index in [0.717, 1.165) is 32.1 Å². The Bertz CT molecular complexity index is 545. The van der Waals surface area contributed by atoms with Crippen LogP contribution in [0.2, 0.25) is 0 Å². The fourth-order valence-electron chi connectivity index (χ4n) is 3.02. The normalized spacial score (nSPS) is 20.8. The fraction of sp³-hybridized carbons (Fsp3) is 0.556. The van der Waals surface area contributed by atoms with E-state index >= 15 is 0 Å². The van der Waals surface area contributed by atoms with Crippen LogP contribution in [0.3, 0.4) is 0 Å². The molecule has 1 aromatic carbocycles. The van der Waals surface area contributed by atoms with Crippen molar-refractivity contribution in [3.63, 3.8) is 0 Å². The molecule has 0 radical (unpaired) electrons. The molecule has 2 unspecified atom stereocenters. The number of amides is 2. The summed E-state index contributed by atoms with van der Waals surface area (Å²) in [5.74, 6) is 0.121. The van der Waals surface area contributed by atoms with E-state index in [9.17, 15) is 9.59 Å². The molecule has 0 spiro atoms. The second-order valence-electron chi connectivity index (χ2n) is 6.30. The summed E-state index contributed by atoms with van der Waals surface area (Å²) in [6.07, 6.45) is 5.68. The Morgan fingerprint density at radius 2 is 2.04 bits per heavy atom. The average molecular weight is 317 g/mol. The van der Waals surface area contributed by atoms with Crippen molar-refractivity contribution in [2.45, 2.75) is 51.5 Å². The van der Waals surface area contributed by atoms with Crippen LogP contribution in [0, 0.1) is 5.92 Å². The van der Waals surface area contributed by atoms with E-state index in [2.05, 4.69) is 10.6 Å². The molecular formula is C18H27N3O2. The third-order valence-corrected chi connectivity index (χ3v) is 4.36. The van der Waals surface area contributed by atoms with Gasteiger partial charge in [0, 0.05) is 30.3 Å². The first-order chi connectivity index (χ1) is 11.1. The molecular weight excluding hydrogens is 290 g/mol. The summed E-state index contributed by atoms with van der Waals surface area (Å²) in [5.41, 5.74) is 7.31. The molecule has 2 atom stereocenters. The van der Waals surface area contributed by atoms with E-state index in [4.69, 9.17) is 5.73 Å². The zero-order valence-corrected chi connectivity index (χ0v) is 13.8. The highest BCUT2D eigenvalue weighted by Gasteiger charge is 2.24.